The molecule has 1 saturated heterocycles. The molecular formula is C19H27N3O4. The van der Waals surface area contributed by atoms with Crippen LogP contribution < -0.4 is 4.74 Å². The molecule has 2 rings (SSSR count). The van der Waals surface area contributed by atoms with Crippen molar-refractivity contribution in [2.24, 2.45) is 0 Å². The average Bonchev–Trinajstić information content (AvgIpc) is 2.64. The predicted octanol–water partition coefficient (Wildman–Crippen LogP) is 1.12. The largest absolute Gasteiger partial charge is 0.497 e. The molecule has 1 aliphatic rings. The summed E-state index contributed by atoms with van der Waals surface area (Å²) in [4.78, 5) is 42.1. The number of nitrogens with zero attached hydrogens (tertiary/aromatic N) is 3. The molecule has 142 valence electrons. The zero-order valence-electron chi connectivity index (χ0n) is 15.9. The Morgan fingerprint density at radius 3 is 2.35 bits per heavy atom. The number of carbonyl (C=O) groups excluding carboxylic acids is 3. The molecule has 1 fully saturated rings. The summed E-state index contributed by atoms with van der Waals surface area (Å²) in [5, 5.41) is 0. The maximum atomic E-state index is 12.7. The van der Waals surface area contributed by atoms with Crippen molar-refractivity contribution in [3.8, 4) is 5.75 Å². The number of ether oxygens (including phenoxy) is 1. The van der Waals surface area contributed by atoms with E-state index in [9.17, 15) is 14.4 Å². The molecular weight excluding hydrogens is 334 g/mol. The van der Waals surface area contributed by atoms with Gasteiger partial charge in [0.2, 0.25) is 17.7 Å². The normalized spacial score (nSPS) is 17.5. The smallest absolute Gasteiger partial charge is 0.245 e. The van der Waals surface area contributed by atoms with Gasteiger partial charge in [-0.25, -0.2) is 0 Å². The highest BCUT2D eigenvalue weighted by Crippen LogP contribution is 2.18. The van der Waals surface area contributed by atoms with Crippen molar-refractivity contribution in [1.29, 1.82) is 0 Å². The Kier molecular flexibility index (Phi) is 6.60. The Bertz CT molecular complexity index is 655. The van der Waals surface area contributed by atoms with E-state index in [0.717, 1.165) is 11.3 Å². The Balaban J connectivity index is 2.04. The minimum Gasteiger partial charge on any atom is -0.497 e. The van der Waals surface area contributed by atoms with Crippen LogP contribution in [0.25, 0.3) is 0 Å². The summed E-state index contributed by atoms with van der Waals surface area (Å²) in [5.74, 6) is 0.259. The molecule has 3 amide bonds. The first-order valence-corrected chi connectivity index (χ1v) is 8.90. The van der Waals surface area contributed by atoms with Gasteiger partial charge in [-0.05, 0) is 38.5 Å². The second-order valence-electron chi connectivity index (χ2n) is 6.31. The number of methoxy groups -OCH3 is 1. The van der Waals surface area contributed by atoms with Gasteiger partial charge in [-0.15, -0.1) is 0 Å². The van der Waals surface area contributed by atoms with E-state index in [-0.39, 0.29) is 30.8 Å². The molecule has 0 unspecified atom stereocenters. The molecule has 7 heteroatoms. The lowest BCUT2D eigenvalue weighted by Gasteiger charge is -2.39. The zero-order chi connectivity index (χ0) is 19.3. The molecule has 1 aromatic rings. The fourth-order valence-electron chi connectivity index (χ4n) is 3.08. The van der Waals surface area contributed by atoms with Crippen molar-refractivity contribution in [2.45, 2.75) is 33.4 Å². The summed E-state index contributed by atoms with van der Waals surface area (Å²) < 4.78 is 5.13. The minimum atomic E-state index is -0.644. The van der Waals surface area contributed by atoms with Crippen LogP contribution in [0.4, 0.5) is 0 Å². The molecule has 7 nitrogen and oxygen atoms in total. The lowest BCUT2D eigenvalue weighted by molar-refractivity contribution is -0.158. The van der Waals surface area contributed by atoms with Crippen LogP contribution in [0.3, 0.4) is 0 Å². The summed E-state index contributed by atoms with van der Waals surface area (Å²) in [7, 11) is 1.59. The molecule has 1 heterocycles. The van der Waals surface area contributed by atoms with Crippen LogP contribution in [-0.4, -0.2) is 71.8 Å². The molecule has 1 aromatic carbocycles. The summed E-state index contributed by atoms with van der Waals surface area (Å²) in [5.41, 5.74) is 0.923. The van der Waals surface area contributed by atoms with Gasteiger partial charge in [-0.2, -0.15) is 0 Å². The van der Waals surface area contributed by atoms with Crippen LogP contribution in [-0.2, 0) is 20.9 Å². The number of benzene rings is 1. The number of hydrogen-bond donors (Lipinski definition) is 0. The predicted molar refractivity (Wildman–Crippen MR) is 97.5 cm³/mol. The van der Waals surface area contributed by atoms with Gasteiger partial charge in [-0.1, -0.05) is 12.1 Å². The lowest BCUT2D eigenvalue weighted by Crippen LogP contribution is -2.60. The summed E-state index contributed by atoms with van der Waals surface area (Å²) >= 11 is 0. The second kappa shape index (κ2) is 8.69. The first-order valence-electron chi connectivity index (χ1n) is 8.90. The van der Waals surface area contributed by atoms with E-state index in [1.165, 1.54) is 9.80 Å². The van der Waals surface area contributed by atoms with Gasteiger partial charge in [0.15, 0.2) is 0 Å². The van der Waals surface area contributed by atoms with E-state index < -0.39 is 6.04 Å². The molecule has 0 saturated carbocycles. The van der Waals surface area contributed by atoms with Crippen LogP contribution >= 0.6 is 0 Å². The van der Waals surface area contributed by atoms with Crippen LogP contribution in [0.15, 0.2) is 24.3 Å². The van der Waals surface area contributed by atoms with Gasteiger partial charge in [0.05, 0.1) is 7.11 Å². The third-order valence-corrected chi connectivity index (χ3v) is 4.74. The van der Waals surface area contributed by atoms with Crippen LogP contribution in [0.2, 0.25) is 0 Å². The molecule has 0 aliphatic carbocycles. The Hall–Kier alpha value is -2.57. The van der Waals surface area contributed by atoms with Crippen LogP contribution in [0.5, 0.6) is 5.75 Å². The first kappa shape index (κ1) is 19.8. The highest BCUT2D eigenvalue weighted by Gasteiger charge is 2.37. The second-order valence-corrected chi connectivity index (χ2v) is 6.31. The summed E-state index contributed by atoms with van der Waals surface area (Å²) in [6.45, 7) is 6.93. The van der Waals surface area contributed by atoms with E-state index in [4.69, 9.17) is 4.74 Å². The number of carbonyl (C=O) groups is 3. The fourth-order valence-corrected chi connectivity index (χ4v) is 3.08. The zero-order valence-corrected chi connectivity index (χ0v) is 15.9. The summed E-state index contributed by atoms with van der Waals surface area (Å²) in [6.07, 6.45) is 0. The highest BCUT2D eigenvalue weighted by molar-refractivity contribution is 5.96. The van der Waals surface area contributed by atoms with Crippen LogP contribution in [0.1, 0.15) is 26.3 Å². The minimum absolute atomic E-state index is 0.0132. The fraction of sp³-hybridized carbons (Fsp3) is 0.526. The van der Waals surface area contributed by atoms with Gasteiger partial charge in [0, 0.05) is 19.6 Å². The standard InChI is InChI=1S/C19H27N3O4/c1-5-20(6-2)17(23)13-22-14(3)19(25)21(12-18(22)24)11-15-7-9-16(26-4)10-8-15/h7-10,14H,5-6,11-13H2,1-4H3/t14-/m0/s1. The van der Waals surface area contributed by atoms with Gasteiger partial charge < -0.3 is 19.4 Å². The van der Waals surface area contributed by atoms with Gasteiger partial charge in [0.1, 0.15) is 24.9 Å². The molecule has 1 atom stereocenters. The van der Waals surface area contributed by atoms with E-state index >= 15 is 0 Å². The highest BCUT2D eigenvalue weighted by atomic mass is 16.5. The Labute approximate surface area is 154 Å². The van der Waals surface area contributed by atoms with E-state index in [1.54, 1.807) is 18.9 Å². The molecule has 0 spiro atoms. The van der Waals surface area contributed by atoms with Gasteiger partial charge in [-0.3, -0.25) is 14.4 Å². The monoisotopic (exact) mass is 361 g/mol. The van der Waals surface area contributed by atoms with E-state index in [0.29, 0.717) is 19.6 Å². The van der Waals surface area contributed by atoms with E-state index in [1.807, 2.05) is 38.1 Å². The third kappa shape index (κ3) is 4.33. The van der Waals surface area contributed by atoms with Crippen molar-refractivity contribution in [3.05, 3.63) is 29.8 Å². The topological polar surface area (TPSA) is 70.2 Å². The van der Waals surface area contributed by atoms with E-state index in [2.05, 4.69) is 0 Å². The van der Waals surface area contributed by atoms with Crippen molar-refractivity contribution >= 4 is 17.7 Å². The van der Waals surface area contributed by atoms with Crippen molar-refractivity contribution in [1.82, 2.24) is 14.7 Å². The third-order valence-electron chi connectivity index (χ3n) is 4.74. The van der Waals surface area contributed by atoms with Gasteiger partial charge in [0.25, 0.3) is 0 Å². The molecule has 1 aliphatic heterocycles. The maximum Gasteiger partial charge on any atom is 0.245 e. The number of amides is 3. The van der Waals surface area contributed by atoms with Crippen molar-refractivity contribution in [2.75, 3.05) is 33.3 Å². The quantitative estimate of drug-likeness (QED) is 0.730. The van der Waals surface area contributed by atoms with Crippen LogP contribution in [0, 0.1) is 0 Å². The molecule has 26 heavy (non-hydrogen) atoms. The maximum absolute atomic E-state index is 12.7. The molecule has 0 N–H and O–H groups in total. The first-order chi connectivity index (χ1) is 12.4. The number of piperazine rings is 1. The molecule has 0 radical (unpaired) electrons. The Morgan fingerprint density at radius 1 is 1.19 bits per heavy atom. The number of rotatable bonds is 7. The van der Waals surface area contributed by atoms with Crippen molar-refractivity contribution in [3.63, 3.8) is 0 Å². The SMILES string of the molecule is CCN(CC)C(=O)CN1C(=O)CN(Cc2ccc(OC)cc2)C(=O)[C@@H]1C. The number of likely N-dealkylation sites (N-methyl/N-ethyl adjacent to an activating group) is 1. The molecule has 0 bridgehead atoms. The summed E-state index contributed by atoms with van der Waals surface area (Å²) in [6, 6.07) is 6.75. The van der Waals surface area contributed by atoms with Gasteiger partial charge >= 0.3 is 0 Å². The Morgan fingerprint density at radius 2 is 1.81 bits per heavy atom. The average molecular weight is 361 g/mol. The molecule has 0 aromatic heterocycles. The lowest BCUT2D eigenvalue weighted by atomic mass is 10.1. The van der Waals surface area contributed by atoms with Crippen molar-refractivity contribution < 1.29 is 19.1 Å². The number of hydrogen-bond acceptors (Lipinski definition) is 4.